The molecular formula is C21H45NO. The first-order valence-electron chi connectivity index (χ1n) is 10.7. The van der Waals surface area contributed by atoms with E-state index < -0.39 is 0 Å². The van der Waals surface area contributed by atoms with Gasteiger partial charge in [-0.05, 0) is 25.7 Å². The Morgan fingerprint density at radius 3 is 1.04 bits per heavy atom. The lowest BCUT2D eigenvalue weighted by atomic mass is 10.1. The highest BCUT2D eigenvalue weighted by Crippen LogP contribution is 2.13. The summed E-state index contributed by atoms with van der Waals surface area (Å²) in [4.78, 5) is 0. The van der Waals surface area contributed by atoms with Gasteiger partial charge in [-0.1, -0.05) is 90.9 Å². The fourth-order valence-corrected chi connectivity index (χ4v) is 3.27. The van der Waals surface area contributed by atoms with Gasteiger partial charge in [-0.3, -0.25) is 0 Å². The summed E-state index contributed by atoms with van der Waals surface area (Å²) in [5, 5.41) is 12.4. The first kappa shape index (κ1) is 22.9. The second-order valence-electron chi connectivity index (χ2n) is 7.69. The number of hydrogen-bond donors (Lipinski definition) is 0. The van der Waals surface area contributed by atoms with Gasteiger partial charge in [0.2, 0.25) is 0 Å². The first-order valence-corrected chi connectivity index (χ1v) is 10.7. The zero-order valence-corrected chi connectivity index (χ0v) is 16.6. The van der Waals surface area contributed by atoms with E-state index in [0.717, 1.165) is 25.9 Å². The molecule has 0 aromatic heterocycles. The van der Waals surface area contributed by atoms with Crippen LogP contribution in [0.4, 0.5) is 0 Å². The van der Waals surface area contributed by atoms with Gasteiger partial charge in [0.15, 0.2) is 0 Å². The van der Waals surface area contributed by atoms with E-state index in [4.69, 9.17) is 0 Å². The van der Waals surface area contributed by atoms with E-state index in [9.17, 15) is 5.21 Å². The van der Waals surface area contributed by atoms with Crippen LogP contribution in [0.15, 0.2) is 0 Å². The molecule has 2 nitrogen and oxygen atoms in total. The molecule has 0 aliphatic carbocycles. The van der Waals surface area contributed by atoms with Gasteiger partial charge in [-0.25, -0.2) is 0 Å². The van der Waals surface area contributed by atoms with Gasteiger partial charge in [0.25, 0.3) is 0 Å². The van der Waals surface area contributed by atoms with Crippen LogP contribution >= 0.6 is 0 Å². The van der Waals surface area contributed by atoms with E-state index in [1.54, 1.807) is 0 Å². The lowest BCUT2D eigenvalue weighted by Gasteiger charge is -2.39. The molecule has 23 heavy (non-hydrogen) atoms. The highest BCUT2D eigenvalue weighted by molar-refractivity contribution is 4.49. The Hall–Kier alpha value is -0.0800. The molecule has 0 aromatic carbocycles. The Balaban J connectivity index is 3.33. The molecule has 0 saturated heterocycles. The van der Waals surface area contributed by atoms with Gasteiger partial charge in [-0.15, -0.1) is 0 Å². The molecular weight excluding hydrogens is 282 g/mol. The molecule has 0 bridgehead atoms. The smallest absolute Gasteiger partial charge is 0.0781 e. The maximum atomic E-state index is 12.4. The van der Waals surface area contributed by atoms with Crippen LogP contribution in [0, 0.1) is 5.21 Å². The number of nitrogens with zero attached hydrogens (tertiary/aromatic N) is 1. The summed E-state index contributed by atoms with van der Waals surface area (Å²) in [6.45, 7) is 6.18. The quantitative estimate of drug-likeness (QED) is 0.148. The van der Waals surface area contributed by atoms with Crippen molar-refractivity contribution in [3.63, 3.8) is 0 Å². The fourth-order valence-electron chi connectivity index (χ4n) is 3.27. The lowest BCUT2D eigenvalue weighted by Crippen LogP contribution is -2.39. The summed E-state index contributed by atoms with van der Waals surface area (Å²) >= 11 is 0. The minimum Gasteiger partial charge on any atom is -0.633 e. The van der Waals surface area contributed by atoms with Crippen molar-refractivity contribution in [3.8, 4) is 0 Å². The van der Waals surface area contributed by atoms with Crippen LogP contribution < -0.4 is 0 Å². The Bertz CT molecular complexity index is 206. The van der Waals surface area contributed by atoms with Crippen LogP contribution in [0.5, 0.6) is 0 Å². The van der Waals surface area contributed by atoms with Crippen LogP contribution in [-0.4, -0.2) is 24.8 Å². The van der Waals surface area contributed by atoms with E-state index in [-0.39, 0.29) is 4.65 Å². The van der Waals surface area contributed by atoms with E-state index in [0.29, 0.717) is 0 Å². The van der Waals surface area contributed by atoms with Crippen molar-refractivity contribution in [2.24, 2.45) is 0 Å². The molecule has 0 saturated carbocycles. The monoisotopic (exact) mass is 327 g/mol. The number of unbranched alkanes of at least 4 members (excludes halogenated alkanes) is 14. The fraction of sp³-hybridized carbons (Fsp3) is 1.00. The predicted octanol–water partition coefficient (Wildman–Crippen LogP) is 7.21. The van der Waals surface area contributed by atoms with Crippen LogP contribution in [0.1, 0.15) is 117 Å². The number of rotatable bonds is 18. The molecule has 0 atom stereocenters. The standard InChI is InChI=1S/C21H45NO/c1-4-6-8-10-12-14-16-18-20-22(3,23)21-19-17-15-13-11-9-7-5-2/h4-21H2,1-3H3. The van der Waals surface area contributed by atoms with Crippen molar-refractivity contribution in [1.82, 2.24) is 0 Å². The van der Waals surface area contributed by atoms with E-state index >= 15 is 0 Å². The summed E-state index contributed by atoms with van der Waals surface area (Å²) in [6.07, 6.45) is 21.1. The molecule has 0 fully saturated rings. The van der Waals surface area contributed by atoms with Gasteiger partial charge >= 0.3 is 0 Å². The molecule has 140 valence electrons. The topological polar surface area (TPSA) is 23.1 Å². The zero-order chi connectivity index (χ0) is 17.2. The highest BCUT2D eigenvalue weighted by Gasteiger charge is 2.09. The molecule has 0 amide bonds. The van der Waals surface area contributed by atoms with Crippen molar-refractivity contribution in [2.45, 2.75) is 117 Å². The third-order valence-corrected chi connectivity index (χ3v) is 4.97. The third kappa shape index (κ3) is 18.1. The van der Waals surface area contributed by atoms with Crippen LogP contribution in [0.25, 0.3) is 0 Å². The molecule has 0 aliphatic heterocycles. The largest absolute Gasteiger partial charge is 0.633 e. The maximum absolute atomic E-state index is 12.4. The second kappa shape index (κ2) is 16.8. The Morgan fingerprint density at radius 2 is 0.739 bits per heavy atom. The molecule has 2 heteroatoms. The van der Waals surface area contributed by atoms with Gasteiger partial charge in [0.05, 0.1) is 20.1 Å². The van der Waals surface area contributed by atoms with Crippen molar-refractivity contribution in [3.05, 3.63) is 5.21 Å². The SMILES string of the molecule is CCCCCCCCCC[N+](C)([O-])CCCCCCCCCC. The second-order valence-corrected chi connectivity index (χ2v) is 7.69. The van der Waals surface area contributed by atoms with Crippen LogP contribution in [0.3, 0.4) is 0 Å². The van der Waals surface area contributed by atoms with Crippen molar-refractivity contribution < 1.29 is 4.65 Å². The Morgan fingerprint density at radius 1 is 0.478 bits per heavy atom. The summed E-state index contributed by atoms with van der Waals surface area (Å²) in [7, 11) is 1.88. The summed E-state index contributed by atoms with van der Waals surface area (Å²) in [5.41, 5.74) is 0. The molecule has 0 heterocycles. The van der Waals surface area contributed by atoms with Crippen LogP contribution in [0.2, 0.25) is 0 Å². The van der Waals surface area contributed by atoms with E-state index in [1.165, 1.54) is 89.9 Å². The third-order valence-electron chi connectivity index (χ3n) is 4.97. The minimum atomic E-state index is -0.00826. The van der Waals surface area contributed by atoms with Gasteiger partial charge < -0.3 is 9.85 Å². The maximum Gasteiger partial charge on any atom is 0.0781 e. The normalized spacial score (nSPS) is 12.0. The van der Waals surface area contributed by atoms with Crippen molar-refractivity contribution >= 4 is 0 Å². The first-order chi connectivity index (χ1) is 11.1. The molecule has 0 rings (SSSR count). The van der Waals surface area contributed by atoms with Crippen molar-refractivity contribution in [1.29, 1.82) is 0 Å². The number of hydroxylamine groups is 3. The minimum absolute atomic E-state index is 0.00826. The average Bonchev–Trinajstić information content (AvgIpc) is 2.52. The lowest BCUT2D eigenvalue weighted by molar-refractivity contribution is -0.861. The van der Waals surface area contributed by atoms with E-state index in [2.05, 4.69) is 13.8 Å². The zero-order valence-electron chi connectivity index (χ0n) is 16.6. The average molecular weight is 328 g/mol. The van der Waals surface area contributed by atoms with Crippen molar-refractivity contribution in [2.75, 3.05) is 20.1 Å². The molecule has 0 N–H and O–H groups in total. The molecule has 0 aliphatic rings. The van der Waals surface area contributed by atoms with Gasteiger partial charge in [-0.2, -0.15) is 0 Å². The molecule has 0 unspecified atom stereocenters. The predicted molar refractivity (Wildman–Crippen MR) is 105 cm³/mol. The Kier molecular flexibility index (Phi) is 16.7. The highest BCUT2D eigenvalue weighted by atomic mass is 16.5. The summed E-state index contributed by atoms with van der Waals surface area (Å²) < 4.78 is -0.00826. The molecule has 0 aromatic rings. The number of quaternary nitrogens is 1. The van der Waals surface area contributed by atoms with Crippen LogP contribution in [-0.2, 0) is 0 Å². The van der Waals surface area contributed by atoms with Gasteiger partial charge in [0, 0.05) is 0 Å². The van der Waals surface area contributed by atoms with E-state index in [1.807, 2.05) is 7.05 Å². The summed E-state index contributed by atoms with van der Waals surface area (Å²) in [6, 6.07) is 0. The Labute approximate surface area is 147 Å². The molecule has 0 radical (unpaired) electrons. The summed E-state index contributed by atoms with van der Waals surface area (Å²) in [5.74, 6) is 0. The van der Waals surface area contributed by atoms with Gasteiger partial charge in [0.1, 0.15) is 0 Å². The molecule has 0 spiro atoms. The number of hydrogen-bond acceptors (Lipinski definition) is 1.